The molecule has 6 aromatic rings. The summed E-state index contributed by atoms with van der Waals surface area (Å²) in [5.74, 6) is 1.24. The van der Waals surface area contributed by atoms with E-state index in [1.54, 1.807) is 0 Å². The molecule has 0 bridgehead atoms. The fourth-order valence-electron chi connectivity index (χ4n) is 8.59. The Kier molecular flexibility index (Phi) is 8.50. The van der Waals surface area contributed by atoms with Gasteiger partial charge in [0.05, 0.1) is 6.04 Å². The van der Waals surface area contributed by atoms with Crippen LogP contribution in [0.1, 0.15) is 22.8 Å². The van der Waals surface area contributed by atoms with E-state index in [0.29, 0.717) is 11.2 Å². The molecule has 4 aliphatic rings. The highest BCUT2D eigenvalue weighted by atomic mass is 32.2. The van der Waals surface area contributed by atoms with Crippen LogP contribution in [0.2, 0.25) is 0 Å². The first kappa shape index (κ1) is 32.6. The molecule has 0 radical (unpaired) electrons. The lowest BCUT2D eigenvalue weighted by molar-refractivity contribution is 0.682. The van der Waals surface area contributed by atoms with E-state index < -0.39 is 0 Å². The average molecular weight is 713 g/mol. The molecule has 0 fully saturated rings. The van der Waals surface area contributed by atoms with Crippen molar-refractivity contribution < 1.29 is 0 Å². The van der Waals surface area contributed by atoms with Gasteiger partial charge in [-0.1, -0.05) is 164 Å². The van der Waals surface area contributed by atoms with Crippen LogP contribution in [0.5, 0.6) is 0 Å². The van der Waals surface area contributed by atoms with Crippen molar-refractivity contribution in [2.45, 2.75) is 17.7 Å². The third-order valence-corrected chi connectivity index (χ3v) is 12.4. The molecule has 2 heterocycles. The molecule has 54 heavy (non-hydrogen) atoms. The molecule has 0 saturated heterocycles. The maximum absolute atomic E-state index is 2.60. The maximum Gasteiger partial charge on any atom is 0.0627 e. The molecule has 3 atom stereocenters. The van der Waals surface area contributed by atoms with E-state index in [4.69, 9.17) is 0 Å². The number of thioether (sulfide) groups is 1. The Hall–Kier alpha value is -6.03. The third kappa shape index (κ3) is 5.95. The van der Waals surface area contributed by atoms with Gasteiger partial charge in [-0.05, 0) is 75.2 Å². The summed E-state index contributed by atoms with van der Waals surface area (Å²) in [5.41, 5.74) is 14.0. The minimum Gasteiger partial charge on any atom is -0.336 e. The minimum atomic E-state index is 0.273. The first-order chi connectivity index (χ1) is 26.8. The number of hydrogen-bond acceptors (Lipinski definition) is 3. The Balaban J connectivity index is 0.973. The van der Waals surface area contributed by atoms with Crippen molar-refractivity contribution in [3.8, 4) is 11.1 Å². The predicted octanol–water partition coefficient (Wildman–Crippen LogP) is 13.2. The van der Waals surface area contributed by atoms with Crippen LogP contribution in [0, 0.1) is 5.92 Å². The van der Waals surface area contributed by atoms with Crippen molar-refractivity contribution in [3.05, 3.63) is 228 Å². The zero-order chi connectivity index (χ0) is 35.8. The van der Waals surface area contributed by atoms with Crippen LogP contribution in [-0.4, -0.2) is 11.8 Å². The zero-order valence-corrected chi connectivity index (χ0v) is 30.8. The van der Waals surface area contributed by atoms with Gasteiger partial charge in [0.1, 0.15) is 0 Å². The third-order valence-electron chi connectivity index (χ3n) is 11.2. The highest BCUT2D eigenvalue weighted by Crippen LogP contribution is 2.48. The number of rotatable bonds is 7. The van der Waals surface area contributed by atoms with E-state index in [1.807, 2.05) is 11.8 Å². The number of allylic oxidation sites excluding steroid dienone is 5. The quantitative estimate of drug-likeness (QED) is 0.163. The fourth-order valence-corrected chi connectivity index (χ4v) is 9.60. The van der Waals surface area contributed by atoms with Gasteiger partial charge in [-0.25, -0.2) is 0 Å². The number of hydrogen-bond donors (Lipinski definition) is 0. The van der Waals surface area contributed by atoms with Crippen LogP contribution in [0.25, 0.3) is 27.5 Å². The van der Waals surface area contributed by atoms with Gasteiger partial charge in [0.15, 0.2) is 0 Å². The van der Waals surface area contributed by atoms with E-state index in [0.717, 1.165) is 23.5 Å². The Morgan fingerprint density at radius 3 is 2.07 bits per heavy atom. The summed E-state index contributed by atoms with van der Waals surface area (Å²) in [4.78, 5) is 5.01. The van der Waals surface area contributed by atoms with Gasteiger partial charge in [0, 0.05) is 57.2 Å². The summed E-state index contributed by atoms with van der Waals surface area (Å²) in [5, 5.41) is 2.91. The first-order valence-corrected chi connectivity index (χ1v) is 20.0. The topological polar surface area (TPSA) is 6.48 Å². The van der Waals surface area contributed by atoms with E-state index in [2.05, 4.69) is 210 Å². The highest BCUT2D eigenvalue weighted by Gasteiger charge is 2.40. The molecule has 6 aromatic carbocycles. The molecular formula is C51H40N2S. The maximum atomic E-state index is 2.60. The van der Waals surface area contributed by atoms with Gasteiger partial charge < -0.3 is 9.80 Å². The average Bonchev–Trinajstić information content (AvgIpc) is 3.75. The lowest BCUT2D eigenvalue weighted by atomic mass is 9.85. The van der Waals surface area contributed by atoms with Crippen LogP contribution in [0.3, 0.4) is 0 Å². The Labute approximate surface area is 322 Å². The molecule has 2 aliphatic heterocycles. The lowest BCUT2D eigenvalue weighted by Crippen LogP contribution is -2.33. The first-order valence-electron chi connectivity index (χ1n) is 19.0. The van der Waals surface area contributed by atoms with Gasteiger partial charge >= 0.3 is 0 Å². The number of fused-ring (bicyclic) bond motifs is 3. The van der Waals surface area contributed by atoms with Gasteiger partial charge in [0.2, 0.25) is 0 Å². The molecule has 3 unspecified atom stereocenters. The van der Waals surface area contributed by atoms with Gasteiger partial charge in [-0.3, -0.25) is 0 Å². The second kappa shape index (κ2) is 14.1. The molecule has 2 nitrogen and oxygen atoms in total. The summed E-state index contributed by atoms with van der Waals surface area (Å²) >= 11 is 1.97. The molecule has 0 amide bonds. The van der Waals surface area contributed by atoms with Crippen LogP contribution >= 0.6 is 11.8 Å². The summed E-state index contributed by atoms with van der Waals surface area (Å²) in [6.45, 7) is 0. The summed E-state index contributed by atoms with van der Waals surface area (Å²) in [7, 11) is 0. The van der Waals surface area contributed by atoms with Crippen molar-refractivity contribution in [1.29, 1.82) is 0 Å². The zero-order valence-electron chi connectivity index (χ0n) is 30.0. The van der Waals surface area contributed by atoms with Crippen LogP contribution < -0.4 is 9.80 Å². The van der Waals surface area contributed by atoms with Crippen molar-refractivity contribution in [3.63, 3.8) is 0 Å². The largest absolute Gasteiger partial charge is 0.336 e. The fraction of sp³-hybridized carbons (Fsp3) is 0.0980. The van der Waals surface area contributed by atoms with Crippen molar-refractivity contribution in [2.24, 2.45) is 5.92 Å². The molecule has 0 spiro atoms. The molecule has 0 N–H and O–H groups in total. The molecule has 2 aliphatic carbocycles. The predicted molar refractivity (Wildman–Crippen MR) is 231 cm³/mol. The molecule has 3 heteroatoms. The Morgan fingerprint density at radius 1 is 0.593 bits per heavy atom. The summed E-state index contributed by atoms with van der Waals surface area (Å²) < 4.78 is 0. The van der Waals surface area contributed by atoms with E-state index in [-0.39, 0.29) is 6.04 Å². The van der Waals surface area contributed by atoms with E-state index in [9.17, 15) is 0 Å². The monoisotopic (exact) mass is 712 g/mol. The number of nitrogens with zero attached hydrogens (tertiary/aromatic N) is 2. The van der Waals surface area contributed by atoms with Gasteiger partial charge in [-0.15, -0.1) is 11.8 Å². The van der Waals surface area contributed by atoms with Crippen LogP contribution in [0.15, 0.2) is 217 Å². The second-order valence-electron chi connectivity index (χ2n) is 14.3. The Bertz CT molecular complexity index is 2520. The molecule has 0 saturated carbocycles. The number of anilines is 3. The van der Waals surface area contributed by atoms with Crippen molar-refractivity contribution >= 4 is 45.2 Å². The molecule has 0 aromatic heterocycles. The lowest BCUT2D eigenvalue weighted by Gasteiger charge is -2.33. The number of benzene rings is 6. The SMILES string of the molecule is C1=CC2=C(C1)N(c1cccc3ccccc13)C1C=CC(c3ccc(N(C4=CCSC(c5ccccc5)C=C4)c4ccc(-c5ccccc5)cc4)cc3)=CC21. The summed E-state index contributed by atoms with van der Waals surface area (Å²) in [6.07, 6.45) is 20.0. The smallest absolute Gasteiger partial charge is 0.0627 e. The molecular weight excluding hydrogens is 673 g/mol. The standard InChI is InChI=1S/C51H40N2S/c1-3-11-36(12-4-1)37-21-26-42(27-22-37)52(44-30-32-51(54-34-33-44)40-14-5-2-6-15-40)43-28-23-38(24-29-43)41-25-31-50-47(35-41)46-18-10-20-49(46)53(50)48-19-9-16-39-13-7-8-17-45(39)48/h1-19,21-33,35,47,50-51H,20,34H2. The van der Waals surface area contributed by atoms with E-state index in [1.165, 1.54) is 61.3 Å². The highest BCUT2D eigenvalue weighted by molar-refractivity contribution is 7.99. The van der Waals surface area contributed by atoms with E-state index >= 15 is 0 Å². The molecule has 10 rings (SSSR count). The van der Waals surface area contributed by atoms with Gasteiger partial charge in [0.25, 0.3) is 0 Å². The van der Waals surface area contributed by atoms with Gasteiger partial charge in [-0.2, -0.15) is 0 Å². The van der Waals surface area contributed by atoms with Crippen molar-refractivity contribution in [1.82, 2.24) is 0 Å². The Morgan fingerprint density at radius 2 is 1.28 bits per heavy atom. The second-order valence-corrected chi connectivity index (χ2v) is 15.5. The van der Waals surface area contributed by atoms with Crippen molar-refractivity contribution in [2.75, 3.05) is 15.6 Å². The molecule has 260 valence electrons. The summed E-state index contributed by atoms with van der Waals surface area (Å²) in [6, 6.07) is 55.4. The van der Waals surface area contributed by atoms with Crippen LogP contribution in [-0.2, 0) is 0 Å². The normalized spacial score (nSPS) is 20.1. The minimum absolute atomic E-state index is 0.273. The van der Waals surface area contributed by atoms with Crippen LogP contribution in [0.4, 0.5) is 17.1 Å².